The van der Waals surface area contributed by atoms with Gasteiger partial charge in [0.2, 0.25) is 11.8 Å². The number of ether oxygens (including phenoxy) is 1. The number of rotatable bonds is 4. The van der Waals surface area contributed by atoms with Crippen molar-refractivity contribution in [3.8, 4) is 0 Å². The van der Waals surface area contributed by atoms with E-state index in [-0.39, 0.29) is 11.5 Å². The molecule has 0 radical (unpaired) electrons. The summed E-state index contributed by atoms with van der Waals surface area (Å²) < 4.78 is 11.7. The fourth-order valence-electron chi connectivity index (χ4n) is 5.50. The first-order valence-electron chi connectivity index (χ1n) is 11.5. The Bertz CT molecular complexity index is 685. The van der Waals surface area contributed by atoms with Crippen molar-refractivity contribution in [2.75, 3.05) is 19.7 Å². The van der Waals surface area contributed by atoms with E-state index in [0.717, 1.165) is 76.4 Å². The third-order valence-electron chi connectivity index (χ3n) is 7.42. The van der Waals surface area contributed by atoms with Gasteiger partial charge in [-0.2, -0.15) is 4.98 Å². The van der Waals surface area contributed by atoms with Crippen molar-refractivity contribution in [1.29, 1.82) is 0 Å². The zero-order valence-electron chi connectivity index (χ0n) is 16.9. The topological polar surface area (TPSA) is 68.5 Å². The van der Waals surface area contributed by atoms with Crippen LogP contribution in [0.5, 0.6) is 0 Å². The fraction of sp³-hybridized carbons (Fsp3) is 0.864. The van der Waals surface area contributed by atoms with E-state index in [4.69, 9.17) is 9.26 Å². The maximum absolute atomic E-state index is 12.9. The molecule has 2 saturated heterocycles. The van der Waals surface area contributed by atoms with Crippen molar-refractivity contribution >= 4 is 5.91 Å². The van der Waals surface area contributed by atoms with E-state index in [2.05, 4.69) is 15.0 Å². The lowest BCUT2D eigenvalue weighted by atomic mass is 9.78. The molecule has 2 aliphatic carbocycles. The van der Waals surface area contributed by atoms with Gasteiger partial charge in [-0.25, -0.2) is 0 Å². The highest BCUT2D eigenvalue weighted by Gasteiger charge is 2.42. The molecule has 0 bridgehead atoms. The Morgan fingerprint density at radius 3 is 2.61 bits per heavy atom. The highest BCUT2D eigenvalue weighted by molar-refractivity contribution is 5.79. The van der Waals surface area contributed by atoms with Crippen LogP contribution in [0.25, 0.3) is 0 Å². The van der Waals surface area contributed by atoms with Gasteiger partial charge in [0.15, 0.2) is 5.82 Å². The van der Waals surface area contributed by atoms with E-state index >= 15 is 0 Å². The van der Waals surface area contributed by atoms with Crippen molar-refractivity contribution in [2.24, 2.45) is 11.8 Å². The molecule has 1 unspecified atom stereocenters. The van der Waals surface area contributed by atoms with Crippen LogP contribution >= 0.6 is 0 Å². The van der Waals surface area contributed by atoms with Crippen LogP contribution < -0.4 is 0 Å². The second-order valence-corrected chi connectivity index (χ2v) is 9.58. The lowest BCUT2D eigenvalue weighted by molar-refractivity contribution is -0.151. The first-order chi connectivity index (χ1) is 13.7. The predicted molar refractivity (Wildman–Crippen MR) is 104 cm³/mol. The van der Waals surface area contributed by atoms with Gasteiger partial charge in [0.25, 0.3) is 0 Å². The summed E-state index contributed by atoms with van der Waals surface area (Å²) in [5.74, 6) is 3.47. The van der Waals surface area contributed by atoms with Crippen molar-refractivity contribution in [3.63, 3.8) is 0 Å². The molecule has 0 aromatic carbocycles. The third-order valence-corrected chi connectivity index (χ3v) is 7.42. The Kier molecular flexibility index (Phi) is 5.16. The highest BCUT2D eigenvalue weighted by Crippen LogP contribution is 2.41. The summed E-state index contributed by atoms with van der Waals surface area (Å²) in [4.78, 5) is 19.6. The predicted octanol–water partition coefficient (Wildman–Crippen LogP) is 3.86. The van der Waals surface area contributed by atoms with Crippen LogP contribution in [0.4, 0.5) is 0 Å². The first-order valence-corrected chi connectivity index (χ1v) is 11.5. The molecule has 1 atom stereocenters. The largest absolute Gasteiger partial charge is 0.375 e. The second kappa shape index (κ2) is 7.77. The molecule has 3 heterocycles. The minimum atomic E-state index is -0.0463. The van der Waals surface area contributed by atoms with Gasteiger partial charge in [-0.1, -0.05) is 24.4 Å². The van der Waals surface area contributed by atoms with E-state index < -0.39 is 0 Å². The van der Waals surface area contributed by atoms with Gasteiger partial charge in [-0.05, 0) is 57.3 Å². The number of likely N-dealkylation sites (tertiary alicyclic amines) is 1. The zero-order chi connectivity index (χ0) is 19.0. The number of carbonyl (C=O) groups excluding carboxylic acids is 1. The molecule has 0 N–H and O–H groups in total. The van der Waals surface area contributed by atoms with Gasteiger partial charge in [-0.15, -0.1) is 0 Å². The fourth-order valence-corrected chi connectivity index (χ4v) is 5.50. The molecular formula is C22H33N3O3. The van der Waals surface area contributed by atoms with E-state index in [9.17, 15) is 4.79 Å². The number of aromatic nitrogens is 2. The van der Waals surface area contributed by atoms with Gasteiger partial charge in [0.05, 0.1) is 5.60 Å². The monoisotopic (exact) mass is 387 g/mol. The van der Waals surface area contributed by atoms with Crippen LogP contribution in [0, 0.1) is 11.8 Å². The molecular weight excluding hydrogens is 354 g/mol. The van der Waals surface area contributed by atoms with Gasteiger partial charge >= 0.3 is 0 Å². The number of piperidine rings is 1. The van der Waals surface area contributed by atoms with Crippen molar-refractivity contribution in [1.82, 2.24) is 15.0 Å². The SMILES string of the molecule is O=C(C1CCCCC1)N1CCC2(CC1)CC(Cc1noc(C3CC3)n1)CCO2. The normalized spacial score (nSPS) is 28.6. The number of hydrogen-bond acceptors (Lipinski definition) is 5. The van der Waals surface area contributed by atoms with E-state index in [1.807, 2.05) is 0 Å². The van der Waals surface area contributed by atoms with Gasteiger partial charge in [-0.3, -0.25) is 4.79 Å². The lowest BCUT2D eigenvalue weighted by Crippen LogP contribution is -2.52. The summed E-state index contributed by atoms with van der Waals surface area (Å²) in [5.41, 5.74) is -0.0463. The smallest absolute Gasteiger partial charge is 0.229 e. The molecule has 1 aromatic rings. The Morgan fingerprint density at radius 2 is 1.86 bits per heavy atom. The Balaban J connectivity index is 1.15. The van der Waals surface area contributed by atoms with Crippen LogP contribution in [0.15, 0.2) is 4.52 Å². The van der Waals surface area contributed by atoms with Crippen LogP contribution in [-0.2, 0) is 16.0 Å². The Morgan fingerprint density at radius 1 is 1.07 bits per heavy atom. The summed E-state index contributed by atoms with van der Waals surface area (Å²) in [6.07, 6.45) is 13.3. The van der Waals surface area contributed by atoms with Crippen LogP contribution in [-0.4, -0.2) is 46.2 Å². The molecule has 2 aliphatic heterocycles. The summed E-state index contributed by atoms with van der Waals surface area (Å²) >= 11 is 0. The van der Waals surface area contributed by atoms with Gasteiger partial charge < -0.3 is 14.2 Å². The lowest BCUT2D eigenvalue weighted by Gasteiger charge is -2.46. The first kappa shape index (κ1) is 18.6. The molecule has 1 amide bonds. The number of carbonyl (C=O) groups is 1. The standard InChI is InChI=1S/C22H33N3O3/c26-21(18-4-2-1-3-5-18)25-11-9-22(10-12-25)15-16(8-13-27-22)14-19-23-20(28-24-19)17-6-7-17/h16-18H,1-15H2. The zero-order valence-corrected chi connectivity index (χ0v) is 16.9. The molecule has 28 heavy (non-hydrogen) atoms. The highest BCUT2D eigenvalue weighted by atomic mass is 16.5. The minimum Gasteiger partial charge on any atom is -0.375 e. The average Bonchev–Trinajstić information content (AvgIpc) is 3.48. The third kappa shape index (κ3) is 3.98. The molecule has 6 heteroatoms. The average molecular weight is 388 g/mol. The molecule has 6 nitrogen and oxygen atoms in total. The van der Waals surface area contributed by atoms with E-state index in [1.165, 1.54) is 32.1 Å². The van der Waals surface area contributed by atoms with E-state index in [0.29, 0.717) is 17.7 Å². The summed E-state index contributed by atoms with van der Waals surface area (Å²) in [6, 6.07) is 0. The second-order valence-electron chi connectivity index (χ2n) is 9.58. The molecule has 2 saturated carbocycles. The summed E-state index contributed by atoms with van der Waals surface area (Å²) in [6.45, 7) is 2.53. The maximum atomic E-state index is 12.9. The van der Waals surface area contributed by atoms with Crippen molar-refractivity contribution < 1.29 is 14.1 Å². The summed E-state index contributed by atoms with van der Waals surface area (Å²) in [7, 11) is 0. The van der Waals surface area contributed by atoms with E-state index in [1.54, 1.807) is 0 Å². The molecule has 1 aromatic heterocycles. The Labute approximate surface area is 167 Å². The van der Waals surface area contributed by atoms with Crippen LogP contribution in [0.1, 0.15) is 88.3 Å². The van der Waals surface area contributed by atoms with Crippen molar-refractivity contribution in [3.05, 3.63) is 11.7 Å². The molecule has 1 spiro atoms. The molecule has 4 aliphatic rings. The van der Waals surface area contributed by atoms with Crippen LogP contribution in [0.3, 0.4) is 0 Å². The summed E-state index contributed by atoms with van der Waals surface area (Å²) in [5, 5.41) is 4.21. The van der Waals surface area contributed by atoms with Crippen molar-refractivity contribution in [2.45, 2.75) is 88.6 Å². The minimum absolute atomic E-state index is 0.0463. The van der Waals surface area contributed by atoms with Gasteiger partial charge in [0, 0.05) is 38.0 Å². The number of amides is 1. The maximum Gasteiger partial charge on any atom is 0.229 e. The Hall–Kier alpha value is -1.43. The number of hydrogen-bond donors (Lipinski definition) is 0. The number of nitrogens with zero attached hydrogens (tertiary/aromatic N) is 3. The quantitative estimate of drug-likeness (QED) is 0.785. The van der Waals surface area contributed by atoms with Gasteiger partial charge in [0.1, 0.15) is 0 Å². The molecule has 154 valence electrons. The molecule has 5 rings (SSSR count). The van der Waals surface area contributed by atoms with Crippen LogP contribution in [0.2, 0.25) is 0 Å². The molecule has 4 fully saturated rings.